The molecule has 0 amide bonds. The fraction of sp³-hybridized carbons (Fsp3) is 0.533. The van der Waals surface area contributed by atoms with Gasteiger partial charge < -0.3 is 20.6 Å². The smallest absolute Gasteiger partial charge is 0.173 e. The van der Waals surface area contributed by atoms with Crippen molar-refractivity contribution in [2.24, 2.45) is 10.9 Å². The maximum Gasteiger partial charge on any atom is 0.173 e. The van der Waals surface area contributed by atoms with Crippen LogP contribution in [-0.2, 0) is 4.74 Å². The molecular weight excluding hydrogens is 286 g/mol. The summed E-state index contributed by atoms with van der Waals surface area (Å²) in [6.07, 6.45) is 1.99. The van der Waals surface area contributed by atoms with Crippen LogP contribution >= 0.6 is 11.8 Å². The zero-order valence-corrected chi connectivity index (χ0v) is 13.4. The summed E-state index contributed by atoms with van der Waals surface area (Å²) in [7, 11) is 2.07. The molecule has 0 radical (unpaired) electrons. The molecule has 3 N–H and O–H groups in total. The maximum atomic E-state index is 9.11. The third kappa shape index (κ3) is 3.63. The minimum absolute atomic E-state index is 0.167. The predicted octanol–water partition coefficient (Wildman–Crippen LogP) is 2.51. The Hall–Kier alpha value is -1.40. The molecule has 6 heteroatoms. The highest BCUT2D eigenvalue weighted by Gasteiger charge is 2.23. The Morgan fingerprint density at radius 1 is 1.48 bits per heavy atom. The second-order valence-electron chi connectivity index (χ2n) is 5.02. The lowest BCUT2D eigenvalue weighted by atomic mass is 10.0. The molecule has 1 heterocycles. The van der Waals surface area contributed by atoms with Gasteiger partial charge in [-0.25, -0.2) is 0 Å². The van der Waals surface area contributed by atoms with Crippen molar-refractivity contribution in [2.75, 3.05) is 30.9 Å². The SMILES string of the molecule is CCSc1cccc(N(C)C2CCOCC2)c1/C(N)=N/O. The number of thioether (sulfide) groups is 1. The molecule has 1 aliphatic heterocycles. The van der Waals surface area contributed by atoms with E-state index in [2.05, 4.69) is 24.0 Å². The summed E-state index contributed by atoms with van der Waals surface area (Å²) in [5.41, 5.74) is 7.76. The molecule has 0 unspecified atom stereocenters. The number of anilines is 1. The number of benzene rings is 1. The van der Waals surface area contributed by atoms with Crippen molar-refractivity contribution >= 4 is 23.3 Å². The van der Waals surface area contributed by atoms with E-state index in [9.17, 15) is 0 Å². The first-order valence-electron chi connectivity index (χ1n) is 7.23. The van der Waals surface area contributed by atoms with Gasteiger partial charge in [0.25, 0.3) is 0 Å². The third-order valence-electron chi connectivity index (χ3n) is 3.79. The molecule has 1 fully saturated rings. The Balaban J connectivity index is 2.39. The maximum absolute atomic E-state index is 9.11. The van der Waals surface area contributed by atoms with Gasteiger partial charge >= 0.3 is 0 Å². The molecule has 0 atom stereocenters. The van der Waals surface area contributed by atoms with Gasteiger partial charge in [0.1, 0.15) is 0 Å². The van der Waals surface area contributed by atoms with E-state index in [1.165, 1.54) is 0 Å². The van der Waals surface area contributed by atoms with E-state index in [0.717, 1.165) is 48.0 Å². The van der Waals surface area contributed by atoms with Crippen molar-refractivity contribution in [2.45, 2.75) is 30.7 Å². The summed E-state index contributed by atoms with van der Waals surface area (Å²) < 4.78 is 5.43. The second-order valence-corrected chi connectivity index (χ2v) is 6.33. The van der Waals surface area contributed by atoms with Crippen molar-refractivity contribution in [3.8, 4) is 0 Å². The van der Waals surface area contributed by atoms with E-state index in [1.54, 1.807) is 11.8 Å². The van der Waals surface area contributed by atoms with Crippen LogP contribution in [0.5, 0.6) is 0 Å². The number of hydrogen-bond acceptors (Lipinski definition) is 5. The molecule has 0 bridgehead atoms. The van der Waals surface area contributed by atoms with E-state index >= 15 is 0 Å². The average molecular weight is 309 g/mol. The lowest BCUT2D eigenvalue weighted by molar-refractivity contribution is 0.0855. The normalized spacial score (nSPS) is 17.0. The number of rotatable bonds is 5. The number of oxime groups is 1. The average Bonchev–Trinajstić information content (AvgIpc) is 2.54. The fourth-order valence-electron chi connectivity index (χ4n) is 2.67. The quantitative estimate of drug-likeness (QED) is 0.287. The van der Waals surface area contributed by atoms with Crippen LogP contribution in [0.3, 0.4) is 0 Å². The summed E-state index contributed by atoms with van der Waals surface area (Å²) in [4.78, 5) is 3.28. The lowest BCUT2D eigenvalue weighted by Crippen LogP contribution is -2.38. The van der Waals surface area contributed by atoms with E-state index in [0.29, 0.717) is 6.04 Å². The first-order valence-corrected chi connectivity index (χ1v) is 8.21. The van der Waals surface area contributed by atoms with Crippen molar-refractivity contribution in [1.29, 1.82) is 0 Å². The number of ether oxygens (including phenoxy) is 1. The third-order valence-corrected chi connectivity index (χ3v) is 4.73. The molecule has 1 aromatic carbocycles. The summed E-state index contributed by atoms with van der Waals surface area (Å²) >= 11 is 1.70. The molecule has 21 heavy (non-hydrogen) atoms. The van der Waals surface area contributed by atoms with Crippen molar-refractivity contribution in [1.82, 2.24) is 0 Å². The molecule has 0 spiro atoms. The van der Waals surface area contributed by atoms with Gasteiger partial charge in [-0.3, -0.25) is 0 Å². The van der Waals surface area contributed by atoms with Gasteiger partial charge in [-0.1, -0.05) is 18.1 Å². The van der Waals surface area contributed by atoms with Gasteiger partial charge in [0.2, 0.25) is 0 Å². The predicted molar refractivity (Wildman–Crippen MR) is 87.6 cm³/mol. The van der Waals surface area contributed by atoms with Crippen LogP contribution in [0.2, 0.25) is 0 Å². The molecule has 1 aromatic rings. The van der Waals surface area contributed by atoms with Crippen molar-refractivity contribution in [3.63, 3.8) is 0 Å². The van der Waals surface area contributed by atoms with Crippen molar-refractivity contribution in [3.05, 3.63) is 23.8 Å². The molecule has 2 rings (SSSR count). The fourth-order valence-corrected chi connectivity index (χ4v) is 3.51. The minimum Gasteiger partial charge on any atom is -0.409 e. The highest BCUT2D eigenvalue weighted by molar-refractivity contribution is 7.99. The molecule has 0 saturated carbocycles. The van der Waals surface area contributed by atoms with Crippen molar-refractivity contribution < 1.29 is 9.94 Å². The zero-order valence-electron chi connectivity index (χ0n) is 12.6. The molecule has 1 saturated heterocycles. The first-order chi connectivity index (χ1) is 10.2. The van der Waals surface area contributed by atoms with Crippen LogP contribution in [0.1, 0.15) is 25.3 Å². The Morgan fingerprint density at radius 2 is 2.19 bits per heavy atom. The number of amidine groups is 1. The lowest BCUT2D eigenvalue weighted by Gasteiger charge is -2.34. The topological polar surface area (TPSA) is 71.1 Å². The van der Waals surface area contributed by atoms with Crippen LogP contribution in [0.15, 0.2) is 28.3 Å². The Bertz CT molecular complexity index is 502. The number of hydrogen-bond donors (Lipinski definition) is 2. The summed E-state index contributed by atoms with van der Waals surface area (Å²) in [5.74, 6) is 1.11. The largest absolute Gasteiger partial charge is 0.409 e. The van der Waals surface area contributed by atoms with Gasteiger partial charge in [-0.05, 0) is 30.7 Å². The van der Waals surface area contributed by atoms with Gasteiger partial charge in [0, 0.05) is 36.9 Å². The molecule has 0 aromatic heterocycles. The van der Waals surface area contributed by atoms with E-state index in [1.807, 2.05) is 18.2 Å². The highest BCUT2D eigenvalue weighted by atomic mass is 32.2. The second kappa shape index (κ2) is 7.56. The van der Waals surface area contributed by atoms with Crippen LogP contribution in [-0.4, -0.2) is 43.1 Å². The van der Waals surface area contributed by atoms with Crippen LogP contribution in [0.25, 0.3) is 0 Å². The monoisotopic (exact) mass is 309 g/mol. The Kier molecular flexibility index (Phi) is 5.76. The van der Waals surface area contributed by atoms with E-state index in [-0.39, 0.29) is 5.84 Å². The summed E-state index contributed by atoms with van der Waals surface area (Å²) in [6, 6.07) is 6.49. The van der Waals surface area contributed by atoms with Gasteiger partial charge in [-0.2, -0.15) is 0 Å². The highest BCUT2D eigenvalue weighted by Crippen LogP contribution is 2.32. The Morgan fingerprint density at radius 3 is 2.81 bits per heavy atom. The molecule has 1 aliphatic rings. The Labute approximate surface area is 130 Å². The van der Waals surface area contributed by atoms with Crippen LogP contribution < -0.4 is 10.6 Å². The van der Waals surface area contributed by atoms with Gasteiger partial charge in [0.05, 0.1) is 5.56 Å². The zero-order chi connectivity index (χ0) is 15.2. The number of nitrogens with zero attached hydrogens (tertiary/aromatic N) is 2. The van der Waals surface area contributed by atoms with Crippen LogP contribution in [0.4, 0.5) is 5.69 Å². The van der Waals surface area contributed by atoms with E-state index < -0.39 is 0 Å². The summed E-state index contributed by atoms with van der Waals surface area (Å²) in [5, 5.41) is 12.3. The standard InChI is InChI=1S/C15H23N3O2S/c1-3-21-13-6-4-5-12(14(13)15(16)17-19)18(2)11-7-9-20-10-8-11/h4-6,11,19H,3,7-10H2,1-2H3,(H2,16,17). The number of nitrogens with two attached hydrogens (primary N) is 1. The van der Waals surface area contributed by atoms with E-state index in [4.69, 9.17) is 15.7 Å². The van der Waals surface area contributed by atoms with Crippen LogP contribution in [0, 0.1) is 0 Å². The molecule has 116 valence electrons. The first kappa shape index (κ1) is 16.0. The minimum atomic E-state index is 0.167. The van der Waals surface area contributed by atoms with Gasteiger partial charge in [-0.15, -0.1) is 11.8 Å². The molecule has 0 aliphatic carbocycles. The molecule has 5 nitrogen and oxygen atoms in total. The summed E-state index contributed by atoms with van der Waals surface area (Å²) in [6.45, 7) is 3.67. The van der Waals surface area contributed by atoms with Gasteiger partial charge in [0.15, 0.2) is 5.84 Å². The molecular formula is C15H23N3O2S.